The highest BCUT2D eigenvalue weighted by Gasteiger charge is 2.29. The Hall–Kier alpha value is -1.29. The Morgan fingerprint density at radius 2 is 2.35 bits per heavy atom. The molecule has 0 fully saturated rings. The molecule has 1 unspecified atom stereocenters. The van der Waals surface area contributed by atoms with E-state index in [4.69, 9.17) is 0 Å². The number of fused-ring (bicyclic) bond motifs is 3. The number of nitrogens with zero attached hydrogens (tertiary/aromatic N) is 1. The molecule has 0 saturated heterocycles. The predicted octanol–water partition coefficient (Wildman–Crippen LogP) is 2.33. The number of benzene rings is 1. The minimum absolute atomic E-state index is 0.0415. The first-order valence-electron chi connectivity index (χ1n) is 5.84. The molecule has 1 amide bonds. The molecule has 0 radical (unpaired) electrons. The summed E-state index contributed by atoms with van der Waals surface area (Å²) in [6.07, 6.45) is 1.61. The van der Waals surface area contributed by atoms with Crippen molar-refractivity contribution >= 4 is 23.4 Å². The van der Waals surface area contributed by atoms with Crippen LogP contribution in [-0.2, 0) is 4.79 Å². The van der Waals surface area contributed by atoms with E-state index in [1.54, 1.807) is 0 Å². The first-order chi connectivity index (χ1) is 8.24. The maximum atomic E-state index is 11.4. The third kappa shape index (κ3) is 1.97. The average Bonchev–Trinajstić information content (AvgIpc) is 2.47. The first-order valence-corrected chi connectivity index (χ1v) is 6.83. The molecule has 3 nitrogen and oxygen atoms in total. The number of hydrogen-bond acceptors (Lipinski definition) is 3. The van der Waals surface area contributed by atoms with Gasteiger partial charge in [-0.2, -0.15) is 5.10 Å². The van der Waals surface area contributed by atoms with Crippen LogP contribution in [-0.4, -0.2) is 17.4 Å². The molecule has 0 spiro atoms. The van der Waals surface area contributed by atoms with Gasteiger partial charge in [0, 0.05) is 22.8 Å². The van der Waals surface area contributed by atoms with Crippen molar-refractivity contribution in [2.75, 3.05) is 5.75 Å². The van der Waals surface area contributed by atoms with Crippen LogP contribution >= 0.6 is 11.8 Å². The second-order valence-corrected chi connectivity index (χ2v) is 5.71. The number of aryl methyl sites for hydroxylation is 1. The van der Waals surface area contributed by atoms with Crippen molar-refractivity contribution in [2.45, 2.75) is 24.7 Å². The van der Waals surface area contributed by atoms with Gasteiger partial charge < -0.3 is 0 Å². The van der Waals surface area contributed by atoms with Gasteiger partial charge in [-0.3, -0.25) is 4.79 Å². The lowest BCUT2D eigenvalue weighted by Gasteiger charge is -2.21. The summed E-state index contributed by atoms with van der Waals surface area (Å²) < 4.78 is 0. The van der Waals surface area contributed by atoms with Gasteiger partial charge in [-0.05, 0) is 31.2 Å². The molecule has 3 rings (SSSR count). The summed E-state index contributed by atoms with van der Waals surface area (Å²) in [6.45, 7) is 2.09. The van der Waals surface area contributed by atoms with Gasteiger partial charge in [0.1, 0.15) is 0 Å². The zero-order chi connectivity index (χ0) is 11.8. The molecule has 1 aromatic rings. The van der Waals surface area contributed by atoms with Crippen molar-refractivity contribution in [3.8, 4) is 0 Å². The number of carbonyl (C=O) groups is 1. The van der Waals surface area contributed by atoms with E-state index >= 15 is 0 Å². The van der Waals surface area contributed by atoms with Gasteiger partial charge in [-0.1, -0.05) is 11.6 Å². The lowest BCUT2D eigenvalue weighted by molar-refractivity contribution is -0.122. The zero-order valence-corrected chi connectivity index (χ0v) is 10.5. The molecule has 88 valence electrons. The van der Waals surface area contributed by atoms with E-state index in [9.17, 15) is 4.79 Å². The van der Waals surface area contributed by atoms with Crippen LogP contribution < -0.4 is 5.43 Å². The largest absolute Gasteiger partial charge is 0.273 e. The van der Waals surface area contributed by atoms with Crippen molar-refractivity contribution in [1.29, 1.82) is 0 Å². The number of hydrogen-bond donors (Lipinski definition) is 1. The predicted molar refractivity (Wildman–Crippen MR) is 69.3 cm³/mol. The fourth-order valence-corrected chi connectivity index (χ4v) is 3.49. The smallest absolute Gasteiger partial charge is 0.240 e. The second-order valence-electron chi connectivity index (χ2n) is 4.57. The Kier molecular flexibility index (Phi) is 2.67. The minimum atomic E-state index is 0.0415. The molecule has 0 aliphatic carbocycles. The van der Waals surface area contributed by atoms with Gasteiger partial charge in [0.05, 0.1) is 5.71 Å². The fraction of sp³-hybridized carbons (Fsp3) is 0.385. The number of hydrazone groups is 1. The Bertz CT molecular complexity index is 510. The summed E-state index contributed by atoms with van der Waals surface area (Å²) in [5.41, 5.74) is 6.12. The molecule has 1 aromatic carbocycles. The normalized spacial score (nSPS) is 23.0. The number of nitrogens with one attached hydrogen (secondary N) is 1. The molecule has 2 heterocycles. The van der Waals surface area contributed by atoms with Crippen LogP contribution in [0, 0.1) is 12.8 Å². The van der Waals surface area contributed by atoms with E-state index in [0.717, 1.165) is 17.9 Å². The monoisotopic (exact) mass is 246 g/mol. The first kappa shape index (κ1) is 10.8. The summed E-state index contributed by atoms with van der Waals surface area (Å²) in [5.74, 6) is 1.40. The van der Waals surface area contributed by atoms with Gasteiger partial charge in [0.15, 0.2) is 0 Å². The average molecular weight is 246 g/mol. The van der Waals surface area contributed by atoms with Gasteiger partial charge in [0.25, 0.3) is 0 Å². The van der Waals surface area contributed by atoms with Gasteiger partial charge in [0.2, 0.25) is 5.91 Å². The third-order valence-electron chi connectivity index (χ3n) is 3.25. The Morgan fingerprint density at radius 1 is 1.47 bits per heavy atom. The summed E-state index contributed by atoms with van der Waals surface area (Å²) in [4.78, 5) is 12.7. The number of rotatable bonds is 0. The minimum Gasteiger partial charge on any atom is -0.273 e. The van der Waals surface area contributed by atoms with Crippen molar-refractivity contribution in [2.24, 2.45) is 11.0 Å². The fourth-order valence-electron chi connectivity index (χ4n) is 2.38. The van der Waals surface area contributed by atoms with Crippen LogP contribution in [0.25, 0.3) is 0 Å². The van der Waals surface area contributed by atoms with Crippen LogP contribution in [0.1, 0.15) is 24.0 Å². The maximum absolute atomic E-state index is 11.4. The summed E-state index contributed by atoms with van der Waals surface area (Å²) in [7, 11) is 0. The van der Waals surface area contributed by atoms with E-state index in [-0.39, 0.29) is 5.91 Å². The highest BCUT2D eigenvalue weighted by Crippen LogP contribution is 2.34. The molecule has 4 heteroatoms. The van der Waals surface area contributed by atoms with Gasteiger partial charge in [-0.25, -0.2) is 5.43 Å². The lowest BCUT2D eigenvalue weighted by Crippen LogP contribution is -2.33. The van der Waals surface area contributed by atoms with Crippen LogP contribution in [0.5, 0.6) is 0 Å². The van der Waals surface area contributed by atoms with Crippen LogP contribution in [0.3, 0.4) is 0 Å². The third-order valence-corrected chi connectivity index (χ3v) is 4.36. The quantitative estimate of drug-likeness (QED) is 0.763. The summed E-state index contributed by atoms with van der Waals surface area (Å²) in [5, 5.41) is 4.28. The SMILES string of the molecule is Cc1ccc2c(c1)C1=NNC(=O)CC1CCS2. The van der Waals surface area contributed by atoms with E-state index in [0.29, 0.717) is 12.3 Å². The zero-order valence-electron chi connectivity index (χ0n) is 9.69. The van der Waals surface area contributed by atoms with E-state index in [1.807, 2.05) is 11.8 Å². The van der Waals surface area contributed by atoms with Crippen molar-refractivity contribution in [1.82, 2.24) is 5.43 Å². The van der Waals surface area contributed by atoms with Crippen molar-refractivity contribution in [3.63, 3.8) is 0 Å². The molecule has 0 aromatic heterocycles. The lowest BCUT2D eigenvalue weighted by atomic mass is 9.90. The van der Waals surface area contributed by atoms with Gasteiger partial charge >= 0.3 is 0 Å². The standard InChI is InChI=1S/C13H14N2OS/c1-8-2-3-11-10(6-8)13-9(4-5-17-11)7-12(16)14-15-13/h2-3,6,9H,4-5,7H2,1H3,(H,14,16). The van der Waals surface area contributed by atoms with Crippen LogP contribution in [0.2, 0.25) is 0 Å². The summed E-state index contributed by atoms with van der Waals surface area (Å²) in [6, 6.07) is 6.47. The molecular formula is C13H14N2OS. The van der Waals surface area contributed by atoms with E-state index in [2.05, 4.69) is 35.7 Å². The molecule has 0 bridgehead atoms. The molecule has 2 aliphatic heterocycles. The number of carbonyl (C=O) groups excluding carboxylic acids is 1. The molecule has 17 heavy (non-hydrogen) atoms. The highest BCUT2D eigenvalue weighted by atomic mass is 32.2. The Balaban J connectivity index is 2.11. The summed E-state index contributed by atoms with van der Waals surface area (Å²) >= 11 is 1.87. The molecule has 2 aliphatic rings. The maximum Gasteiger partial charge on any atom is 0.240 e. The second kappa shape index (κ2) is 4.18. The van der Waals surface area contributed by atoms with Crippen LogP contribution in [0.15, 0.2) is 28.2 Å². The molecule has 1 atom stereocenters. The van der Waals surface area contributed by atoms with E-state index < -0.39 is 0 Å². The van der Waals surface area contributed by atoms with Crippen LogP contribution in [0.4, 0.5) is 0 Å². The molecular weight excluding hydrogens is 232 g/mol. The molecule has 0 saturated carbocycles. The number of thioether (sulfide) groups is 1. The highest BCUT2D eigenvalue weighted by molar-refractivity contribution is 7.99. The number of amides is 1. The van der Waals surface area contributed by atoms with Crippen molar-refractivity contribution < 1.29 is 4.79 Å². The topological polar surface area (TPSA) is 41.5 Å². The Labute approximate surface area is 105 Å². The van der Waals surface area contributed by atoms with Crippen molar-refractivity contribution in [3.05, 3.63) is 29.3 Å². The van der Waals surface area contributed by atoms with Gasteiger partial charge in [-0.15, -0.1) is 11.8 Å². The molecule has 1 N–H and O–H groups in total. The Morgan fingerprint density at radius 3 is 3.24 bits per heavy atom. The van der Waals surface area contributed by atoms with E-state index in [1.165, 1.54) is 16.0 Å².